The number of hydrogen-bond acceptors (Lipinski definition) is 1. The average Bonchev–Trinajstić information content (AvgIpc) is 2.06. The fourth-order valence-electron chi connectivity index (χ4n) is 1.14. The Morgan fingerprint density at radius 1 is 1.17 bits per heavy atom. The minimum atomic E-state index is 0.618. The molecule has 66 valence electrons. The second-order valence-electron chi connectivity index (χ2n) is 3.50. The molecule has 0 saturated carbocycles. The van der Waals surface area contributed by atoms with Gasteiger partial charge in [0.25, 0.3) is 0 Å². The lowest BCUT2D eigenvalue weighted by Gasteiger charge is -2.19. The molecule has 0 amide bonds. The van der Waals surface area contributed by atoms with Crippen LogP contribution in [0, 0.1) is 0 Å². The molecule has 0 aromatic heterocycles. The lowest BCUT2D eigenvalue weighted by molar-refractivity contribution is 0.312. The Hall–Kier alpha value is -0.820. The first-order chi connectivity index (χ1) is 5.70. The van der Waals surface area contributed by atoms with Crippen LogP contribution in [0.1, 0.15) is 12.5 Å². The Morgan fingerprint density at radius 2 is 1.75 bits per heavy atom. The molecular weight excluding hydrogens is 146 g/mol. The van der Waals surface area contributed by atoms with Crippen molar-refractivity contribution < 1.29 is 0 Å². The summed E-state index contributed by atoms with van der Waals surface area (Å²) < 4.78 is 0. The molecule has 0 heterocycles. The number of rotatable bonds is 3. The summed E-state index contributed by atoms with van der Waals surface area (Å²) in [6.07, 6.45) is 1.13. The van der Waals surface area contributed by atoms with Gasteiger partial charge in [0, 0.05) is 6.04 Å². The zero-order valence-corrected chi connectivity index (χ0v) is 8.12. The molecule has 1 nitrogen and oxygen atoms in total. The SMILES string of the molecule is C[C@H](Cc1ccccc1)N(C)C. The third-order valence-electron chi connectivity index (χ3n) is 2.26. The molecule has 0 aliphatic heterocycles. The Labute approximate surface area is 75.0 Å². The molecule has 1 aromatic carbocycles. The van der Waals surface area contributed by atoms with E-state index in [1.807, 2.05) is 0 Å². The maximum absolute atomic E-state index is 2.24. The summed E-state index contributed by atoms with van der Waals surface area (Å²) in [4.78, 5) is 2.24. The Bertz CT molecular complexity index is 216. The third kappa shape index (κ3) is 2.67. The average molecular weight is 163 g/mol. The lowest BCUT2D eigenvalue weighted by atomic mass is 10.1. The van der Waals surface area contributed by atoms with Gasteiger partial charge < -0.3 is 4.90 Å². The summed E-state index contributed by atoms with van der Waals surface area (Å²) >= 11 is 0. The molecule has 1 aromatic rings. The fourth-order valence-corrected chi connectivity index (χ4v) is 1.14. The summed E-state index contributed by atoms with van der Waals surface area (Å²) in [5.41, 5.74) is 1.42. The quantitative estimate of drug-likeness (QED) is 0.660. The van der Waals surface area contributed by atoms with Gasteiger partial charge in [0.15, 0.2) is 0 Å². The van der Waals surface area contributed by atoms with Crippen LogP contribution >= 0.6 is 0 Å². The van der Waals surface area contributed by atoms with Gasteiger partial charge >= 0.3 is 0 Å². The zero-order valence-electron chi connectivity index (χ0n) is 8.12. The fraction of sp³-hybridized carbons (Fsp3) is 0.455. The molecule has 12 heavy (non-hydrogen) atoms. The second-order valence-corrected chi connectivity index (χ2v) is 3.50. The van der Waals surface area contributed by atoms with E-state index in [4.69, 9.17) is 0 Å². The maximum Gasteiger partial charge on any atom is 0.0101 e. The Kier molecular flexibility index (Phi) is 3.30. The number of nitrogens with zero attached hydrogens (tertiary/aromatic N) is 1. The Balaban J connectivity index is 2.53. The molecule has 1 rings (SSSR count). The molecular formula is C11H17N. The van der Waals surface area contributed by atoms with Gasteiger partial charge in [0.05, 0.1) is 0 Å². The van der Waals surface area contributed by atoms with E-state index >= 15 is 0 Å². The van der Waals surface area contributed by atoms with E-state index in [1.54, 1.807) is 0 Å². The van der Waals surface area contributed by atoms with E-state index in [9.17, 15) is 0 Å². The highest BCUT2D eigenvalue weighted by Crippen LogP contribution is 2.05. The van der Waals surface area contributed by atoms with Gasteiger partial charge in [-0.15, -0.1) is 0 Å². The van der Waals surface area contributed by atoms with Crippen molar-refractivity contribution in [3.63, 3.8) is 0 Å². The number of likely N-dealkylation sites (N-methyl/N-ethyl adjacent to an activating group) is 1. The normalized spacial score (nSPS) is 13.3. The van der Waals surface area contributed by atoms with Gasteiger partial charge in [-0.1, -0.05) is 30.3 Å². The minimum Gasteiger partial charge on any atom is -0.306 e. The highest BCUT2D eigenvalue weighted by molar-refractivity contribution is 5.15. The van der Waals surface area contributed by atoms with E-state index < -0.39 is 0 Å². The molecule has 0 N–H and O–H groups in total. The first-order valence-electron chi connectivity index (χ1n) is 4.40. The second kappa shape index (κ2) is 4.27. The van der Waals surface area contributed by atoms with Gasteiger partial charge in [-0.05, 0) is 33.0 Å². The summed E-state index contributed by atoms with van der Waals surface area (Å²) in [5.74, 6) is 0. The predicted octanol–water partition coefficient (Wildman–Crippen LogP) is 2.18. The van der Waals surface area contributed by atoms with Crippen molar-refractivity contribution in [3.8, 4) is 0 Å². The minimum absolute atomic E-state index is 0.618. The zero-order chi connectivity index (χ0) is 8.97. The largest absolute Gasteiger partial charge is 0.306 e. The van der Waals surface area contributed by atoms with Crippen LogP contribution in [0.5, 0.6) is 0 Å². The van der Waals surface area contributed by atoms with Crippen LogP contribution < -0.4 is 0 Å². The summed E-state index contributed by atoms with van der Waals surface area (Å²) in [6.45, 7) is 2.24. The predicted molar refractivity (Wildman–Crippen MR) is 53.3 cm³/mol. The molecule has 0 unspecified atom stereocenters. The third-order valence-corrected chi connectivity index (χ3v) is 2.26. The van der Waals surface area contributed by atoms with E-state index in [0.29, 0.717) is 6.04 Å². The molecule has 0 fully saturated rings. The van der Waals surface area contributed by atoms with E-state index in [0.717, 1.165) is 6.42 Å². The van der Waals surface area contributed by atoms with Crippen molar-refractivity contribution in [3.05, 3.63) is 35.9 Å². The molecule has 0 bridgehead atoms. The van der Waals surface area contributed by atoms with E-state index in [1.165, 1.54) is 5.56 Å². The van der Waals surface area contributed by atoms with Crippen LogP contribution in [-0.4, -0.2) is 25.0 Å². The smallest absolute Gasteiger partial charge is 0.0101 e. The highest BCUT2D eigenvalue weighted by Gasteiger charge is 2.04. The summed E-state index contributed by atoms with van der Waals surface area (Å²) in [6, 6.07) is 11.2. The number of benzene rings is 1. The van der Waals surface area contributed by atoms with Crippen LogP contribution in [0.25, 0.3) is 0 Å². The van der Waals surface area contributed by atoms with Crippen molar-refractivity contribution in [1.29, 1.82) is 0 Å². The highest BCUT2D eigenvalue weighted by atomic mass is 15.1. The number of hydrogen-bond donors (Lipinski definition) is 0. The van der Waals surface area contributed by atoms with E-state index in [-0.39, 0.29) is 0 Å². The standard InChI is InChI=1S/C11H17N/c1-10(12(2)3)9-11-7-5-4-6-8-11/h4-8,10H,9H2,1-3H3/t10-/m1/s1. The van der Waals surface area contributed by atoms with Crippen molar-refractivity contribution in [2.24, 2.45) is 0 Å². The van der Waals surface area contributed by atoms with Gasteiger partial charge in [0.2, 0.25) is 0 Å². The summed E-state index contributed by atoms with van der Waals surface area (Å²) in [5, 5.41) is 0. The first-order valence-corrected chi connectivity index (χ1v) is 4.40. The first kappa shape index (κ1) is 9.27. The molecule has 1 atom stereocenters. The van der Waals surface area contributed by atoms with Gasteiger partial charge in [-0.3, -0.25) is 0 Å². The monoisotopic (exact) mass is 163 g/mol. The molecule has 0 aliphatic rings. The molecule has 1 heteroatoms. The van der Waals surface area contributed by atoms with Gasteiger partial charge in [-0.25, -0.2) is 0 Å². The van der Waals surface area contributed by atoms with E-state index in [2.05, 4.69) is 56.3 Å². The van der Waals surface area contributed by atoms with Crippen molar-refractivity contribution in [2.45, 2.75) is 19.4 Å². The topological polar surface area (TPSA) is 3.24 Å². The van der Waals surface area contributed by atoms with Crippen molar-refractivity contribution in [1.82, 2.24) is 4.90 Å². The van der Waals surface area contributed by atoms with Crippen molar-refractivity contribution >= 4 is 0 Å². The Morgan fingerprint density at radius 3 is 2.25 bits per heavy atom. The molecule has 0 saturated heterocycles. The van der Waals surface area contributed by atoms with Gasteiger partial charge in [-0.2, -0.15) is 0 Å². The summed E-state index contributed by atoms with van der Waals surface area (Å²) in [7, 11) is 4.24. The lowest BCUT2D eigenvalue weighted by Crippen LogP contribution is -2.26. The van der Waals surface area contributed by atoms with Crippen LogP contribution in [0.2, 0.25) is 0 Å². The van der Waals surface area contributed by atoms with Crippen LogP contribution in [0.3, 0.4) is 0 Å². The maximum atomic E-state index is 2.24. The van der Waals surface area contributed by atoms with Crippen LogP contribution in [0.15, 0.2) is 30.3 Å². The molecule has 0 radical (unpaired) electrons. The van der Waals surface area contributed by atoms with Crippen LogP contribution in [-0.2, 0) is 6.42 Å². The van der Waals surface area contributed by atoms with Crippen LogP contribution in [0.4, 0.5) is 0 Å². The molecule has 0 aliphatic carbocycles. The van der Waals surface area contributed by atoms with Gasteiger partial charge in [0.1, 0.15) is 0 Å². The molecule has 0 spiro atoms. The van der Waals surface area contributed by atoms with Crippen molar-refractivity contribution in [2.75, 3.05) is 14.1 Å².